The lowest BCUT2D eigenvalue weighted by molar-refractivity contribution is -0.141. The van der Waals surface area contributed by atoms with Gasteiger partial charge < -0.3 is 19.5 Å². The summed E-state index contributed by atoms with van der Waals surface area (Å²) in [7, 11) is 1.39. The van der Waals surface area contributed by atoms with E-state index in [4.69, 9.17) is 14.2 Å². The van der Waals surface area contributed by atoms with Gasteiger partial charge in [-0.2, -0.15) is 0 Å². The van der Waals surface area contributed by atoms with Crippen LogP contribution in [0, 0.1) is 27.7 Å². The van der Waals surface area contributed by atoms with Gasteiger partial charge in [0.1, 0.15) is 11.8 Å². The van der Waals surface area contributed by atoms with Gasteiger partial charge in [-0.15, -0.1) is 0 Å². The van der Waals surface area contributed by atoms with Crippen molar-refractivity contribution in [1.29, 1.82) is 0 Å². The number of nitrogens with one attached hydrogen (secondary N) is 1. The number of esters is 2. The van der Waals surface area contributed by atoms with E-state index in [2.05, 4.69) is 46.7 Å². The molecule has 1 aromatic heterocycles. The smallest absolute Gasteiger partial charge is 0.333 e. The Balaban J connectivity index is 1.93. The number of carbonyl (C=O) groups is 3. The first-order valence-corrected chi connectivity index (χ1v) is 13.1. The molecule has 0 aliphatic carbocycles. The molecule has 8 heteroatoms. The number of hydrogen-bond acceptors (Lipinski definition) is 7. The van der Waals surface area contributed by atoms with Gasteiger partial charge in [-0.1, -0.05) is 65.6 Å². The fraction of sp³-hybridized carbons (Fsp3) is 0.312. The van der Waals surface area contributed by atoms with Gasteiger partial charge in [-0.05, 0) is 52.7 Å². The van der Waals surface area contributed by atoms with Crippen molar-refractivity contribution in [2.75, 3.05) is 7.11 Å². The van der Waals surface area contributed by atoms with Crippen LogP contribution in [0.5, 0.6) is 11.5 Å². The minimum Gasteiger partial charge on any atom is -0.493 e. The summed E-state index contributed by atoms with van der Waals surface area (Å²) in [6.45, 7) is 13.0. The molecule has 2 aromatic carbocycles. The highest BCUT2D eigenvalue weighted by Gasteiger charge is 2.26. The molecule has 3 aromatic rings. The highest BCUT2D eigenvalue weighted by atomic mass is 16.6. The van der Waals surface area contributed by atoms with Gasteiger partial charge in [0, 0.05) is 24.3 Å². The number of aryl methyl sites for hydroxylation is 4. The minimum absolute atomic E-state index is 0.0940. The van der Waals surface area contributed by atoms with Gasteiger partial charge in [0.15, 0.2) is 11.4 Å². The summed E-state index contributed by atoms with van der Waals surface area (Å²) >= 11 is 0. The van der Waals surface area contributed by atoms with E-state index in [0.717, 1.165) is 39.0 Å². The van der Waals surface area contributed by atoms with Crippen molar-refractivity contribution in [1.82, 2.24) is 10.3 Å². The zero-order valence-corrected chi connectivity index (χ0v) is 24.3. The molecule has 40 heavy (non-hydrogen) atoms. The fourth-order valence-corrected chi connectivity index (χ4v) is 4.46. The van der Waals surface area contributed by atoms with E-state index in [1.807, 2.05) is 27.7 Å². The molecule has 0 radical (unpaired) electrons. The molecule has 0 saturated carbocycles. The first-order chi connectivity index (χ1) is 18.9. The molecule has 0 bridgehead atoms. The van der Waals surface area contributed by atoms with E-state index in [1.165, 1.54) is 26.3 Å². The molecule has 1 amide bonds. The molecule has 1 atom stereocenters. The van der Waals surface area contributed by atoms with Crippen LogP contribution in [0.3, 0.4) is 0 Å². The number of allylic oxidation sites excluding steroid dienone is 1. The zero-order valence-electron chi connectivity index (χ0n) is 24.3. The second-order valence-electron chi connectivity index (χ2n) is 9.82. The van der Waals surface area contributed by atoms with Crippen LogP contribution in [0.4, 0.5) is 0 Å². The maximum absolute atomic E-state index is 13.2. The maximum atomic E-state index is 13.2. The van der Waals surface area contributed by atoms with E-state index < -0.39 is 23.9 Å². The number of pyridine rings is 1. The Morgan fingerprint density at radius 3 is 1.90 bits per heavy atom. The second kappa shape index (κ2) is 13.1. The largest absolute Gasteiger partial charge is 0.493 e. The Morgan fingerprint density at radius 1 is 0.900 bits per heavy atom. The number of amides is 1. The van der Waals surface area contributed by atoms with E-state index in [9.17, 15) is 14.4 Å². The van der Waals surface area contributed by atoms with Crippen molar-refractivity contribution in [3.8, 4) is 11.5 Å². The number of rotatable bonds is 9. The van der Waals surface area contributed by atoms with Crippen molar-refractivity contribution in [3.63, 3.8) is 0 Å². The van der Waals surface area contributed by atoms with Crippen LogP contribution in [-0.2, 0) is 14.3 Å². The highest BCUT2D eigenvalue weighted by molar-refractivity contribution is 5.99. The van der Waals surface area contributed by atoms with Gasteiger partial charge in [-0.25, -0.2) is 9.78 Å². The van der Waals surface area contributed by atoms with E-state index in [1.54, 1.807) is 13.8 Å². The van der Waals surface area contributed by atoms with Gasteiger partial charge in [0.2, 0.25) is 5.75 Å². The van der Waals surface area contributed by atoms with Crippen LogP contribution >= 0.6 is 0 Å². The highest BCUT2D eigenvalue weighted by Crippen LogP contribution is 2.32. The lowest BCUT2D eigenvalue weighted by Gasteiger charge is -2.19. The van der Waals surface area contributed by atoms with E-state index >= 15 is 0 Å². The lowest BCUT2D eigenvalue weighted by atomic mass is 9.92. The average molecular weight is 545 g/mol. The summed E-state index contributed by atoms with van der Waals surface area (Å²) < 4.78 is 16.4. The van der Waals surface area contributed by atoms with Crippen LogP contribution in [0.2, 0.25) is 0 Å². The Bertz CT molecular complexity index is 1380. The zero-order chi connectivity index (χ0) is 29.6. The van der Waals surface area contributed by atoms with Crippen LogP contribution in [-0.4, -0.2) is 36.0 Å². The van der Waals surface area contributed by atoms with Crippen molar-refractivity contribution < 1.29 is 28.6 Å². The number of benzene rings is 2. The van der Waals surface area contributed by atoms with Crippen molar-refractivity contribution in [3.05, 3.63) is 93.5 Å². The van der Waals surface area contributed by atoms with Crippen LogP contribution in [0.1, 0.15) is 71.1 Å². The molecule has 1 N–H and O–H groups in total. The summed E-state index contributed by atoms with van der Waals surface area (Å²) in [4.78, 5) is 42.3. The minimum atomic E-state index is -1.04. The van der Waals surface area contributed by atoms with Crippen LogP contribution in [0.15, 0.2) is 54.4 Å². The van der Waals surface area contributed by atoms with Gasteiger partial charge >= 0.3 is 11.9 Å². The van der Waals surface area contributed by atoms with Crippen molar-refractivity contribution in [2.24, 2.45) is 0 Å². The lowest BCUT2D eigenvalue weighted by Crippen LogP contribution is -2.40. The SMILES string of the molecule is CCC(=O)Oc1c(OC)ccnc1C(=O)N[C@@H](C)C(=O)OC(C)=C(c1cc(C)cc(C)c1)c1cc(C)cc(C)c1. The average Bonchev–Trinajstić information content (AvgIpc) is 2.87. The van der Waals surface area contributed by atoms with Crippen LogP contribution in [0.25, 0.3) is 5.57 Å². The first kappa shape index (κ1) is 30.1. The Hall–Kier alpha value is -4.46. The Kier molecular flexibility index (Phi) is 9.82. The molecule has 8 nitrogen and oxygen atoms in total. The predicted molar refractivity (Wildman–Crippen MR) is 153 cm³/mol. The van der Waals surface area contributed by atoms with Gasteiger partial charge in [0.25, 0.3) is 5.91 Å². The predicted octanol–water partition coefficient (Wildman–Crippen LogP) is 5.78. The number of aromatic nitrogens is 1. The third kappa shape index (κ3) is 7.34. The number of ether oxygens (including phenoxy) is 3. The standard InChI is InChI=1S/C32H36N2O6/c1-9-27(35)40-30-26(38-8)10-11-33-29(30)31(36)34-22(6)32(37)39-23(7)28(24-14-18(2)12-19(3)15-24)25-16-20(4)13-21(5)17-25/h10-17,22H,9H2,1-8H3,(H,34,36)/t22-/m0/s1. The topological polar surface area (TPSA) is 104 Å². The van der Waals surface area contributed by atoms with E-state index in [-0.39, 0.29) is 23.6 Å². The fourth-order valence-electron chi connectivity index (χ4n) is 4.46. The molecule has 0 fully saturated rings. The molecule has 0 aliphatic rings. The first-order valence-electron chi connectivity index (χ1n) is 13.1. The molecule has 210 valence electrons. The molecule has 0 unspecified atom stereocenters. The molecular weight excluding hydrogens is 508 g/mol. The van der Waals surface area contributed by atoms with Gasteiger partial charge in [-0.3, -0.25) is 9.59 Å². The molecular formula is C32H36N2O6. The Labute approximate surface area is 235 Å². The quantitative estimate of drug-likeness (QED) is 0.269. The maximum Gasteiger partial charge on any atom is 0.333 e. The summed E-state index contributed by atoms with van der Waals surface area (Å²) in [6, 6.07) is 12.8. The third-order valence-electron chi connectivity index (χ3n) is 6.14. The number of carbonyl (C=O) groups excluding carboxylic acids is 3. The second-order valence-corrected chi connectivity index (χ2v) is 9.82. The monoisotopic (exact) mass is 544 g/mol. The van der Waals surface area contributed by atoms with Crippen molar-refractivity contribution in [2.45, 2.75) is 60.9 Å². The molecule has 3 rings (SSSR count). The number of nitrogens with zero attached hydrogens (tertiary/aromatic N) is 1. The molecule has 0 spiro atoms. The molecule has 0 saturated heterocycles. The number of hydrogen-bond donors (Lipinski definition) is 1. The molecule has 0 aliphatic heterocycles. The summed E-state index contributed by atoms with van der Waals surface area (Å²) in [6.07, 6.45) is 1.45. The van der Waals surface area contributed by atoms with Crippen LogP contribution < -0.4 is 14.8 Å². The number of methoxy groups -OCH3 is 1. The summed E-state index contributed by atoms with van der Waals surface area (Å²) in [5.74, 6) is -1.47. The van der Waals surface area contributed by atoms with E-state index in [0.29, 0.717) is 5.76 Å². The Morgan fingerprint density at radius 2 is 1.43 bits per heavy atom. The normalized spacial score (nSPS) is 11.3. The van der Waals surface area contributed by atoms with Crippen molar-refractivity contribution >= 4 is 23.4 Å². The molecule has 1 heterocycles. The summed E-state index contributed by atoms with van der Waals surface area (Å²) in [5.41, 5.74) is 6.79. The van der Waals surface area contributed by atoms with Gasteiger partial charge in [0.05, 0.1) is 7.11 Å². The summed E-state index contributed by atoms with van der Waals surface area (Å²) in [5, 5.41) is 2.59. The third-order valence-corrected chi connectivity index (χ3v) is 6.14.